The fourth-order valence-electron chi connectivity index (χ4n) is 3.01. The van der Waals surface area contributed by atoms with E-state index in [0.29, 0.717) is 28.2 Å². The lowest BCUT2D eigenvalue weighted by Crippen LogP contribution is -2.13. The van der Waals surface area contributed by atoms with Crippen LogP contribution >= 0.6 is 11.6 Å². The van der Waals surface area contributed by atoms with Gasteiger partial charge < -0.3 is 4.57 Å². The molecule has 0 saturated heterocycles. The number of pyridine rings is 1. The predicted octanol–water partition coefficient (Wildman–Crippen LogP) is 3.15. The van der Waals surface area contributed by atoms with Crippen LogP contribution in [0.3, 0.4) is 0 Å². The van der Waals surface area contributed by atoms with Gasteiger partial charge in [0.25, 0.3) is 5.88 Å². The first-order valence-corrected chi connectivity index (χ1v) is 7.84. The number of carbonyl (C=O) groups is 1. The molecule has 0 aliphatic carbocycles. The third kappa shape index (κ3) is 2.20. The first-order valence-electron chi connectivity index (χ1n) is 7.46. The van der Waals surface area contributed by atoms with Crippen molar-refractivity contribution in [3.8, 4) is 5.88 Å². The molecule has 4 heterocycles. The zero-order valence-electron chi connectivity index (χ0n) is 12.6. The Morgan fingerprint density at radius 1 is 1.12 bits per heavy atom. The molecule has 7 nitrogen and oxygen atoms in total. The number of hydrogen-bond acceptors (Lipinski definition) is 6. The summed E-state index contributed by atoms with van der Waals surface area (Å²) in [4.78, 5) is 34.0. The maximum Gasteiger partial charge on any atom is 0.388 e. The normalized spacial score (nSPS) is 13.1. The number of aromatic nitrogens is 4. The van der Waals surface area contributed by atoms with Gasteiger partial charge in [-0.3, -0.25) is 9.87 Å². The highest BCUT2D eigenvalue weighted by atomic mass is 35.5. The zero-order valence-corrected chi connectivity index (χ0v) is 13.4. The monoisotopic (exact) mass is 352 g/mol. The Bertz CT molecular complexity index is 1170. The van der Waals surface area contributed by atoms with Crippen LogP contribution in [0.1, 0.15) is 15.9 Å². The summed E-state index contributed by atoms with van der Waals surface area (Å²) in [5.41, 5.74) is 2.89. The second kappa shape index (κ2) is 5.15. The summed E-state index contributed by atoms with van der Waals surface area (Å²) >= 11 is 6.02. The fraction of sp³-hybridized carbons (Fsp3) is 0.0588. The maximum absolute atomic E-state index is 11.9. The van der Waals surface area contributed by atoms with Gasteiger partial charge >= 0.3 is 5.97 Å². The molecule has 1 aliphatic rings. The number of halogens is 1. The Balaban J connectivity index is 1.63. The molecule has 0 amide bonds. The number of fused-ring (bicyclic) bond motifs is 1. The van der Waals surface area contributed by atoms with E-state index >= 15 is 0 Å². The maximum atomic E-state index is 11.9. The third-order valence-electron chi connectivity index (χ3n) is 4.10. The largest absolute Gasteiger partial charge is 0.388 e. The van der Waals surface area contributed by atoms with Crippen molar-refractivity contribution >= 4 is 39.5 Å². The second-order valence-electron chi connectivity index (χ2n) is 5.68. The summed E-state index contributed by atoms with van der Waals surface area (Å²) < 4.78 is 1.87. The minimum atomic E-state index is -0.555. The highest BCUT2D eigenvalue weighted by Crippen LogP contribution is 2.32. The van der Waals surface area contributed by atoms with Gasteiger partial charge in [0, 0.05) is 24.3 Å². The first-order chi connectivity index (χ1) is 12.2. The van der Waals surface area contributed by atoms with Crippen molar-refractivity contribution in [2.45, 2.75) is 6.54 Å². The van der Waals surface area contributed by atoms with Crippen LogP contribution in [-0.4, -0.2) is 25.5 Å². The zero-order chi connectivity index (χ0) is 17.0. The van der Waals surface area contributed by atoms with E-state index in [1.54, 1.807) is 12.4 Å². The molecule has 0 saturated carbocycles. The van der Waals surface area contributed by atoms with Gasteiger partial charge in [0.05, 0.1) is 16.1 Å². The SMILES string of the molecule is O=C1OOc2ncnc3c2c1cn3Cc1ccc2ncc(Cl)cc2c1. The summed E-state index contributed by atoms with van der Waals surface area (Å²) in [6.45, 7) is 0.517. The Labute approximate surface area is 145 Å². The Morgan fingerprint density at radius 2 is 2.04 bits per heavy atom. The standard InChI is InChI=1S/C17H9ClN4O3/c18-11-4-10-3-9(1-2-13(10)19-5-11)6-22-7-12-14-15(22)20-8-21-16(14)24-25-17(12)23/h1-5,7-8H,6H2. The van der Waals surface area contributed by atoms with Crippen molar-refractivity contribution in [2.75, 3.05) is 0 Å². The number of benzene rings is 1. The lowest BCUT2D eigenvalue weighted by molar-refractivity contribution is -0.154. The van der Waals surface area contributed by atoms with Crippen LogP contribution in [0, 0.1) is 0 Å². The van der Waals surface area contributed by atoms with Crippen LogP contribution in [0.15, 0.2) is 43.0 Å². The number of carbonyl (C=O) groups excluding carboxylic acids is 1. The summed E-state index contributed by atoms with van der Waals surface area (Å²) in [7, 11) is 0. The molecule has 122 valence electrons. The van der Waals surface area contributed by atoms with Crippen LogP contribution in [0.4, 0.5) is 0 Å². The third-order valence-corrected chi connectivity index (χ3v) is 4.31. The fourth-order valence-corrected chi connectivity index (χ4v) is 3.17. The molecule has 8 heteroatoms. The van der Waals surface area contributed by atoms with Crippen LogP contribution in [0.5, 0.6) is 5.88 Å². The van der Waals surface area contributed by atoms with Crippen molar-refractivity contribution in [2.24, 2.45) is 0 Å². The smallest absolute Gasteiger partial charge is 0.327 e. The predicted molar refractivity (Wildman–Crippen MR) is 89.4 cm³/mol. The van der Waals surface area contributed by atoms with E-state index in [1.165, 1.54) is 6.33 Å². The molecular formula is C17H9ClN4O3. The van der Waals surface area contributed by atoms with E-state index in [0.717, 1.165) is 16.5 Å². The quantitative estimate of drug-likeness (QED) is 0.516. The molecule has 0 unspecified atom stereocenters. The summed E-state index contributed by atoms with van der Waals surface area (Å²) in [6, 6.07) is 7.79. The van der Waals surface area contributed by atoms with Crippen molar-refractivity contribution in [3.63, 3.8) is 0 Å². The van der Waals surface area contributed by atoms with E-state index in [-0.39, 0.29) is 5.88 Å². The van der Waals surface area contributed by atoms with E-state index in [9.17, 15) is 4.79 Å². The molecular weight excluding hydrogens is 344 g/mol. The van der Waals surface area contributed by atoms with Crippen LogP contribution in [0.2, 0.25) is 5.02 Å². The molecule has 5 rings (SSSR count). The summed E-state index contributed by atoms with van der Waals surface area (Å²) in [6.07, 6.45) is 4.70. The lowest BCUT2D eigenvalue weighted by atomic mass is 10.1. The van der Waals surface area contributed by atoms with Gasteiger partial charge in [0.2, 0.25) is 0 Å². The molecule has 0 spiro atoms. The van der Waals surface area contributed by atoms with Gasteiger partial charge in [-0.2, -0.15) is 4.98 Å². The highest BCUT2D eigenvalue weighted by Gasteiger charge is 2.28. The van der Waals surface area contributed by atoms with Crippen molar-refractivity contribution < 1.29 is 14.6 Å². The van der Waals surface area contributed by atoms with E-state index in [1.807, 2.05) is 28.8 Å². The molecule has 0 N–H and O–H groups in total. The minimum Gasteiger partial charge on any atom is -0.327 e. The van der Waals surface area contributed by atoms with Gasteiger partial charge in [-0.1, -0.05) is 17.7 Å². The Morgan fingerprint density at radius 3 is 2.96 bits per heavy atom. The van der Waals surface area contributed by atoms with Gasteiger partial charge in [-0.25, -0.2) is 14.7 Å². The van der Waals surface area contributed by atoms with E-state index < -0.39 is 5.97 Å². The van der Waals surface area contributed by atoms with Crippen LogP contribution in [0.25, 0.3) is 21.9 Å². The van der Waals surface area contributed by atoms with E-state index in [2.05, 4.69) is 19.8 Å². The Kier molecular flexibility index (Phi) is 2.92. The number of hydrogen-bond donors (Lipinski definition) is 0. The molecule has 3 aromatic heterocycles. The van der Waals surface area contributed by atoms with Gasteiger partial charge in [-0.05, 0) is 23.8 Å². The van der Waals surface area contributed by atoms with Gasteiger partial charge in [-0.15, -0.1) is 0 Å². The van der Waals surface area contributed by atoms with Gasteiger partial charge in [0.15, 0.2) is 0 Å². The Hall–Kier alpha value is -3.19. The van der Waals surface area contributed by atoms with Gasteiger partial charge in [0.1, 0.15) is 17.4 Å². The number of rotatable bonds is 2. The molecule has 0 atom stereocenters. The van der Waals surface area contributed by atoms with Crippen LogP contribution < -0.4 is 4.89 Å². The van der Waals surface area contributed by atoms with Crippen LogP contribution in [-0.2, 0) is 11.4 Å². The topological polar surface area (TPSA) is 79.1 Å². The molecule has 25 heavy (non-hydrogen) atoms. The number of nitrogens with zero attached hydrogens (tertiary/aromatic N) is 4. The first kappa shape index (κ1) is 14.2. The minimum absolute atomic E-state index is 0.243. The molecule has 1 aromatic carbocycles. The lowest BCUT2D eigenvalue weighted by Gasteiger charge is -2.09. The molecule has 0 radical (unpaired) electrons. The van der Waals surface area contributed by atoms with Crippen molar-refractivity contribution in [3.05, 3.63) is 59.1 Å². The second-order valence-corrected chi connectivity index (χ2v) is 6.12. The molecule has 0 fully saturated rings. The highest BCUT2D eigenvalue weighted by molar-refractivity contribution is 6.31. The summed E-state index contributed by atoms with van der Waals surface area (Å²) in [5, 5.41) is 2.09. The average molecular weight is 353 g/mol. The van der Waals surface area contributed by atoms with Crippen molar-refractivity contribution in [1.29, 1.82) is 0 Å². The molecule has 4 aromatic rings. The molecule has 1 aliphatic heterocycles. The van der Waals surface area contributed by atoms with Crippen molar-refractivity contribution in [1.82, 2.24) is 19.5 Å². The molecule has 0 bridgehead atoms. The summed E-state index contributed by atoms with van der Waals surface area (Å²) in [5.74, 6) is -0.312. The average Bonchev–Trinajstić information content (AvgIpc) is 2.98. The van der Waals surface area contributed by atoms with E-state index in [4.69, 9.17) is 16.5 Å².